The van der Waals surface area contributed by atoms with Crippen molar-refractivity contribution in [3.05, 3.63) is 64.8 Å². The van der Waals surface area contributed by atoms with E-state index in [0.717, 1.165) is 5.56 Å². The van der Waals surface area contributed by atoms with Crippen LogP contribution in [0.4, 0.5) is 0 Å². The van der Waals surface area contributed by atoms with Crippen molar-refractivity contribution in [3.8, 4) is 11.5 Å². The van der Waals surface area contributed by atoms with Crippen LogP contribution in [0.2, 0.25) is 5.02 Å². The molecule has 5 heterocycles. The standard InChI is InChI=1S/C22H22ClN7O3/c1-14-17(13-30-12-16(23)11-25-30)18(27-32-14)20(31)29-9-5-22(2,6-10-29)21-26-19(33-28-21)15-3-7-24-8-4-15/h3-4,7-8,11-12H,5-6,9-10,13H2,1-2H3. The maximum absolute atomic E-state index is 13.3. The Morgan fingerprint density at radius 2 is 1.94 bits per heavy atom. The first-order valence-electron chi connectivity index (χ1n) is 10.6. The van der Waals surface area contributed by atoms with Gasteiger partial charge in [-0.05, 0) is 31.9 Å². The number of piperidine rings is 1. The van der Waals surface area contributed by atoms with Gasteiger partial charge in [0.25, 0.3) is 11.8 Å². The molecule has 11 heteroatoms. The van der Waals surface area contributed by atoms with Gasteiger partial charge in [0.15, 0.2) is 11.5 Å². The summed E-state index contributed by atoms with van der Waals surface area (Å²) in [6.07, 6.45) is 8.02. The van der Waals surface area contributed by atoms with E-state index < -0.39 is 0 Å². The number of aromatic nitrogens is 6. The predicted molar refractivity (Wildman–Crippen MR) is 118 cm³/mol. The molecule has 4 aromatic heterocycles. The normalized spacial score (nSPS) is 15.7. The van der Waals surface area contributed by atoms with Crippen molar-refractivity contribution in [3.63, 3.8) is 0 Å². The highest BCUT2D eigenvalue weighted by atomic mass is 35.5. The molecule has 1 aliphatic rings. The minimum atomic E-state index is -0.292. The highest BCUT2D eigenvalue weighted by Crippen LogP contribution is 2.35. The zero-order chi connectivity index (χ0) is 23.0. The Balaban J connectivity index is 1.29. The van der Waals surface area contributed by atoms with Crippen molar-refractivity contribution in [2.24, 2.45) is 0 Å². The lowest BCUT2D eigenvalue weighted by molar-refractivity contribution is 0.0658. The summed E-state index contributed by atoms with van der Waals surface area (Å²) < 4.78 is 12.5. The number of hydrogen-bond acceptors (Lipinski definition) is 8. The quantitative estimate of drug-likeness (QED) is 0.437. The van der Waals surface area contributed by atoms with Gasteiger partial charge in [0, 0.05) is 48.2 Å². The summed E-state index contributed by atoms with van der Waals surface area (Å²) in [4.78, 5) is 23.7. The van der Waals surface area contributed by atoms with E-state index in [1.165, 1.54) is 0 Å². The van der Waals surface area contributed by atoms with Gasteiger partial charge in [0.2, 0.25) is 0 Å². The van der Waals surface area contributed by atoms with E-state index in [-0.39, 0.29) is 11.3 Å². The fraction of sp³-hybridized carbons (Fsp3) is 0.364. The molecule has 0 atom stereocenters. The first-order valence-corrected chi connectivity index (χ1v) is 11.0. The van der Waals surface area contributed by atoms with Gasteiger partial charge in [-0.3, -0.25) is 14.5 Å². The minimum Gasteiger partial charge on any atom is -0.361 e. The van der Waals surface area contributed by atoms with Gasteiger partial charge >= 0.3 is 0 Å². The predicted octanol–water partition coefficient (Wildman–Crippen LogP) is 3.52. The number of nitrogens with zero attached hydrogens (tertiary/aromatic N) is 7. The van der Waals surface area contributed by atoms with Gasteiger partial charge in [0.1, 0.15) is 5.76 Å². The Morgan fingerprint density at radius 1 is 1.18 bits per heavy atom. The molecule has 33 heavy (non-hydrogen) atoms. The fourth-order valence-corrected chi connectivity index (χ4v) is 4.15. The van der Waals surface area contributed by atoms with Crippen molar-refractivity contribution >= 4 is 17.5 Å². The van der Waals surface area contributed by atoms with E-state index in [4.69, 9.17) is 20.6 Å². The summed E-state index contributed by atoms with van der Waals surface area (Å²) in [6.45, 7) is 5.34. The number of halogens is 1. The number of likely N-dealkylation sites (tertiary alicyclic amines) is 1. The molecule has 5 rings (SSSR count). The van der Waals surface area contributed by atoms with Crippen LogP contribution in [0.3, 0.4) is 0 Å². The second-order valence-corrected chi connectivity index (χ2v) is 8.87. The average molecular weight is 468 g/mol. The third-order valence-corrected chi connectivity index (χ3v) is 6.35. The summed E-state index contributed by atoms with van der Waals surface area (Å²) in [6, 6.07) is 3.66. The molecule has 10 nitrogen and oxygen atoms in total. The minimum absolute atomic E-state index is 0.160. The first-order chi connectivity index (χ1) is 15.9. The third-order valence-electron chi connectivity index (χ3n) is 6.16. The van der Waals surface area contributed by atoms with Gasteiger partial charge in [-0.1, -0.05) is 28.8 Å². The van der Waals surface area contributed by atoms with Crippen molar-refractivity contribution in [1.29, 1.82) is 0 Å². The molecule has 0 unspecified atom stereocenters. The molecule has 0 saturated carbocycles. The van der Waals surface area contributed by atoms with Crippen molar-refractivity contribution in [2.75, 3.05) is 13.1 Å². The highest BCUT2D eigenvalue weighted by Gasteiger charge is 2.38. The molecule has 1 aliphatic heterocycles. The largest absolute Gasteiger partial charge is 0.361 e. The number of carbonyl (C=O) groups is 1. The van der Waals surface area contributed by atoms with E-state index in [9.17, 15) is 4.79 Å². The molecule has 0 aromatic carbocycles. The monoisotopic (exact) mass is 467 g/mol. The summed E-state index contributed by atoms with van der Waals surface area (Å²) >= 11 is 5.96. The molecule has 0 spiro atoms. The van der Waals surface area contributed by atoms with Crippen LogP contribution < -0.4 is 0 Å². The van der Waals surface area contributed by atoms with E-state index >= 15 is 0 Å². The zero-order valence-electron chi connectivity index (χ0n) is 18.2. The molecule has 0 radical (unpaired) electrons. The first kappa shape index (κ1) is 21.3. The Hall–Kier alpha value is -3.53. The molecule has 1 amide bonds. The number of hydrogen-bond donors (Lipinski definition) is 0. The summed E-state index contributed by atoms with van der Waals surface area (Å²) in [5.41, 5.74) is 1.54. The number of amides is 1. The van der Waals surface area contributed by atoms with Gasteiger partial charge in [-0.25, -0.2) is 0 Å². The maximum atomic E-state index is 13.3. The van der Waals surface area contributed by atoms with E-state index in [2.05, 4.69) is 32.3 Å². The van der Waals surface area contributed by atoms with Crippen LogP contribution in [0.25, 0.3) is 11.5 Å². The summed E-state index contributed by atoms with van der Waals surface area (Å²) in [7, 11) is 0. The average Bonchev–Trinajstić information content (AvgIpc) is 3.56. The lowest BCUT2D eigenvalue weighted by Crippen LogP contribution is -2.44. The molecule has 4 aromatic rings. The SMILES string of the molecule is Cc1onc(C(=O)N2CCC(C)(c3noc(-c4ccncc4)n3)CC2)c1Cn1cc(Cl)cn1. The van der Waals surface area contributed by atoms with Crippen LogP contribution in [-0.4, -0.2) is 54.0 Å². The van der Waals surface area contributed by atoms with Crippen molar-refractivity contribution in [1.82, 2.24) is 35.0 Å². The molecule has 0 N–H and O–H groups in total. The molecular formula is C22H22ClN7O3. The van der Waals surface area contributed by atoms with E-state index in [1.54, 1.807) is 41.3 Å². The van der Waals surface area contributed by atoms with Gasteiger partial charge < -0.3 is 13.9 Å². The maximum Gasteiger partial charge on any atom is 0.276 e. The van der Waals surface area contributed by atoms with Crippen LogP contribution >= 0.6 is 11.6 Å². The lowest BCUT2D eigenvalue weighted by atomic mass is 9.79. The van der Waals surface area contributed by atoms with E-state index in [0.29, 0.717) is 66.2 Å². The van der Waals surface area contributed by atoms with Crippen LogP contribution in [0.15, 0.2) is 46.0 Å². The number of pyridine rings is 1. The molecule has 0 aliphatic carbocycles. The Labute approximate surface area is 194 Å². The van der Waals surface area contributed by atoms with E-state index in [1.807, 2.05) is 12.1 Å². The number of carbonyl (C=O) groups excluding carboxylic acids is 1. The van der Waals surface area contributed by atoms with Crippen molar-refractivity contribution < 1.29 is 13.8 Å². The van der Waals surface area contributed by atoms with Crippen LogP contribution in [0.5, 0.6) is 0 Å². The Bertz CT molecular complexity index is 1270. The van der Waals surface area contributed by atoms with Crippen LogP contribution in [-0.2, 0) is 12.0 Å². The van der Waals surface area contributed by atoms with Crippen LogP contribution in [0, 0.1) is 6.92 Å². The second-order valence-electron chi connectivity index (χ2n) is 8.43. The molecule has 1 saturated heterocycles. The zero-order valence-corrected chi connectivity index (χ0v) is 19.0. The second kappa shape index (κ2) is 8.43. The molecule has 1 fully saturated rings. The summed E-state index contributed by atoms with van der Waals surface area (Å²) in [5.74, 6) is 1.54. The lowest BCUT2D eigenvalue weighted by Gasteiger charge is -2.37. The molecule has 170 valence electrons. The summed E-state index contributed by atoms with van der Waals surface area (Å²) in [5, 5.41) is 13.0. The Kier molecular flexibility index (Phi) is 5.45. The topological polar surface area (TPSA) is 116 Å². The van der Waals surface area contributed by atoms with Crippen molar-refractivity contribution in [2.45, 2.75) is 38.6 Å². The van der Waals surface area contributed by atoms with Crippen LogP contribution in [0.1, 0.15) is 47.4 Å². The van der Waals surface area contributed by atoms with Gasteiger partial charge in [-0.15, -0.1) is 0 Å². The molecule has 0 bridgehead atoms. The fourth-order valence-electron chi connectivity index (χ4n) is 3.99. The molecular weight excluding hydrogens is 446 g/mol. The Morgan fingerprint density at radius 3 is 2.64 bits per heavy atom. The number of rotatable bonds is 5. The number of aryl methyl sites for hydroxylation is 1. The van der Waals surface area contributed by atoms with Gasteiger partial charge in [0.05, 0.1) is 17.8 Å². The van der Waals surface area contributed by atoms with Gasteiger partial charge in [-0.2, -0.15) is 10.1 Å². The third kappa shape index (κ3) is 4.13. The highest BCUT2D eigenvalue weighted by molar-refractivity contribution is 6.30. The smallest absolute Gasteiger partial charge is 0.276 e.